The smallest absolute Gasteiger partial charge is 0.0413 e. The van der Waals surface area contributed by atoms with Crippen LogP contribution in [0.5, 0.6) is 0 Å². The Morgan fingerprint density at radius 3 is 2.71 bits per heavy atom. The van der Waals surface area contributed by atoms with Gasteiger partial charge in [0.15, 0.2) is 0 Å². The van der Waals surface area contributed by atoms with Gasteiger partial charge in [0, 0.05) is 21.0 Å². The number of hydrogen-bond acceptors (Lipinski definition) is 3. The van der Waals surface area contributed by atoms with Gasteiger partial charge in [0.2, 0.25) is 0 Å². The largest absolute Gasteiger partial charge is 0.398 e. The number of benzene rings is 1. The van der Waals surface area contributed by atoms with Gasteiger partial charge in [-0.3, -0.25) is 0 Å². The minimum atomic E-state index is 0.860. The van der Waals surface area contributed by atoms with Gasteiger partial charge in [-0.15, -0.1) is 23.1 Å². The molecule has 0 saturated heterocycles. The first-order valence-electron chi connectivity index (χ1n) is 4.28. The summed E-state index contributed by atoms with van der Waals surface area (Å²) in [6, 6.07) is 10.4. The number of rotatable bonds is 2. The zero-order valence-corrected chi connectivity index (χ0v) is 9.49. The molecular formula is C11H11NS2. The molecule has 1 aromatic heterocycles. The van der Waals surface area contributed by atoms with Gasteiger partial charge in [-0.25, -0.2) is 0 Å². The Hall–Kier alpha value is -0.930. The first-order valence-corrected chi connectivity index (χ1v) is 6.39. The minimum absolute atomic E-state index is 0.860. The van der Waals surface area contributed by atoms with Crippen LogP contribution in [0.3, 0.4) is 0 Å². The first kappa shape index (κ1) is 9.62. The Morgan fingerprint density at radius 2 is 2.14 bits per heavy atom. The number of hydrogen-bond donors (Lipinski definition) is 1. The van der Waals surface area contributed by atoms with Crippen molar-refractivity contribution in [3.8, 4) is 10.4 Å². The lowest BCUT2D eigenvalue weighted by Crippen LogP contribution is -1.88. The predicted octanol–water partition coefficient (Wildman–Crippen LogP) is 3.72. The summed E-state index contributed by atoms with van der Waals surface area (Å²) in [7, 11) is 0. The van der Waals surface area contributed by atoms with Crippen molar-refractivity contribution in [1.29, 1.82) is 0 Å². The molecule has 1 aromatic carbocycles. The summed E-state index contributed by atoms with van der Waals surface area (Å²) in [5.41, 5.74) is 7.98. The summed E-state index contributed by atoms with van der Waals surface area (Å²) in [5, 5.41) is 2.07. The monoisotopic (exact) mass is 221 g/mol. The molecule has 0 saturated carbocycles. The van der Waals surface area contributed by atoms with E-state index in [4.69, 9.17) is 5.73 Å². The highest BCUT2D eigenvalue weighted by Crippen LogP contribution is 2.32. The average molecular weight is 221 g/mol. The third-order valence-electron chi connectivity index (χ3n) is 2.05. The topological polar surface area (TPSA) is 26.0 Å². The number of nitrogens with two attached hydrogens (primary N) is 1. The maximum absolute atomic E-state index is 5.98. The van der Waals surface area contributed by atoms with Crippen molar-refractivity contribution in [2.45, 2.75) is 4.90 Å². The number of thiophene rings is 1. The average Bonchev–Trinajstić information content (AvgIpc) is 2.70. The molecule has 14 heavy (non-hydrogen) atoms. The second-order valence-corrected chi connectivity index (χ2v) is 4.76. The summed E-state index contributed by atoms with van der Waals surface area (Å²) >= 11 is 3.43. The highest BCUT2D eigenvalue weighted by Gasteiger charge is 2.03. The fourth-order valence-corrected chi connectivity index (χ4v) is 2.55. The van der Waals surface area contributed by atoms with E-state index in [1.165, 1.54) is 9.77 Å². The van der Waals surface area contributed by atoms with Gasteiger partial charge < -0.3 is 5.73 Å². The van der Waals surface area contributed by atoms with E-state index in [0.717, 1.165) is 11.3 Å². The van der Waals surface area contributed by atoms with E-state index < -0.39 is 0 Å². The maximum Gasteiger partial charge on any atom is 0.0413 e. The molecule has 0 radical (unpaired) electrons. The molecule has 2 N–H and O–H groups in total. The minimum Gasteiger partial charge on any atom is -0.398 e. The Bertz CT molecular complexity index is 421. The molecule has 0 fully saturated rings. The lowest BCUT2D eigenvalue weighted by molar-refractivity contribution is 1.47. The van der Waals surface area contributed by atoms with Crippen LogP contribution in [0.25, 0.3) is 10.4 Å². The SMILES string of the molecule is CSc1ccc(-c2cccs2)c(N)c1. The molecular weight excluding hydrogens is 210 g/mol. The Morgan fingerprint density at radius 1 is 1.29 bits per heavy atom. The zero-order valence-electron chi connectivity index (χ0n) is 7.86. The third-order valence-corrected chi connectivity index (χ3v) is 3.67. The van der Waals surface area contributed by atoms with Gasteiger partial charge in [0.1, 0.15) is 0 Å². The summed E-state index contributed by atoms with van der Waals surface area (Å²) in [4.78, 5) is 2.44. The van der Waals surface area contributed by atoms with Crippen LogP contribution in [-0.4, -0.2) is 6.26 Å². The molecule has 0 amide bonds. The Balaban J connectivity index is 2.46. The van der Waals surface area contributed by atoms with Crippen molar-refractivity contribution in [3.05, 3.63) is 35.7 Å². The van der Waals surface area contributed by atoms with Crippen molar-refractivity contribution in [3.63, 3.8) is 0 Å². The van der Waals surface area contributed by atoms with Crippen LogP contribution < -0.4 is 5.73 Å². The number of anilines is 1. The van der Waals surface area contributed by atoms with Crippen molar-refractivity contribution in [2.24, 2.45) is 0 Å². The first-order chi connectivity index (χ1) is 6.81. The molecule has 0 spiro atoms. The van der Waals surface area contributed by atoms with Crippen LogP contribution in [0.2, 0.25) is 0 Å². The quantitative estimate of drug-likeness (QED) is 0.618. The van der Waals surface area contributed by atoms with Crippen molar-refractivity contribution in [2.75, 3.05) is 12.0 Å². The lowest BCUT2D eigenvalue weighted by Gasteiger charge is -2.04. The highest BCUT2D eigenvalue weighted by molar-refractivity contribution is 7.98. The summed E-state index contributed by atoms with van der Waals surface area (Å²) in [6.45, 7) is 0. The van der Waals surface area contributed by atoms with E-state index in [1.54, 1.807) is 23.1 Å². The van der Waals surface area contributed by atoms with Crippen molar-refractivity contribution in [1.82, 2.24) is 0 Å². The van der Waals surface area contributed by atoms with Gasteiger partial charge in [0.25, 0.3) is 0 Å². The molecule has 0 unspecified atom stereocenters. The number of thioether (sulfide) groups is 1. The Kier molecular flexibility index (Phi) is 2.79. The standard InChI is InChI=1S/C11H11NS2/c1-13-8-4-5-9(10(12)7-8)11-3-2-6-14-11/h2-7H,12H2,1H3. The summed E-state index contributed by atoms with van der Waals surface area (Å²) in [5.74, 6) is 0. The van der Waals surface area contributed by atoms with Gasteiger partial charge in [-0.05, 0) is 29.8 Å². The fourth-order valence-electron chi connectivity index (χ4n) is 1.32. The van der Waals surface area contributed by atoms with E-state index in [2.05, 4.69) is 29.8 Å². The molecule has 0 aliphatic heterocycles. The van der Waals surface area contributed by atoms with Crippen LogP contribution in [-0.2, 0) is 0 Å². The molecule has 0 atom stereocenters. The van der Waals surface area contributed by atoms with Gasteiger partial charge in [-0.1, -0.05) is 12.1 Å². The summed E-state index contributed by atoms with van der Waals surface area (Å²) < 4.78 is 0. The van der Waals surface area contributed by atoms with Crippen LogP contribution in [0, 0.1) is 0 Å². The Labute approximate surface area is 92.0 Å². The third kappa shape index (κ3) is 1.79. The van der Waals surface area contributed by atoms with Crippen LogP contribution >= 0.6 is 23.1 Å². The predicted molar refractivity (Wildman–Crippen MR) is 65.9 cm³/mol. The normalized spacial score (nSPS) is 10.4. The molecule has 1 nitrogen and oxygen atoms in total. The van der Waals surface area contributed by atoms with Crippen molar-refractivity contribution < 1.29 is 0 Å². The molecule has 72 valence electrons. The van der Waals surface area contributed by atoms with Crippen molar-refractivity contribution >= 4 is 28.8 Å². The fraction of sp³-hybridized carbons (Fsp3) is 0.0909. The van der Waals surface area contributed by atoms with E-state index >= 15 is 0 Å². The molecule has 0 aliphatic rings. The zero-order chi connectivity index (χ0) is 9.97. The van der Waals surface area contributed by atoms with E-state index in [9.17, 15) is 0 Å². The molecule has 2 aromatic rings. The maximum atomic E-state index is 5.98. The van der Waals surface area contributed by atoms with Gasteiger partial charge >= 0.3 is 0 Å². The molecule has 0 bridgehead atoms. The highest BCUT2D eigenvalue weighted by atomic mass is 32.2. The van der Waals surface area contributed by atoms with Crippen LogP contribution in [0.4, 0.5) is 5.69 Å². The van der Waals surface area contributed by atoms with Gasteiger partial charge in [0.05, 0.1) is 0 Å². The second-order valence-electron chi connectivity index (χ2n) is 2.93. The number of nitrogen functional groups attached to an aromatic ring is 1. The molecule has 2 rings (SSSR count). The lowest BCUT2D eigenvalue weighted by atomic mass is 10.1. The van der Waals surface area contributed by atoms with E-state index in [-0.39, 0.29) is 0 Å². The van der Waals surface area contributed by atoms with Crippen LogP contribution in [0.15, 0.2) is 40.6 Å². The van der Waals surface area contributed by atoms with E-state index in [1.807, 2.05) is 12.1 Å². The summed E-state index contributed by atoms with van der Waals surface area (Å²) in [6.07, 6.45) is 2.06. The van der Waals surface area contributed by atoms with E-state index in [0.29, 0.717) is 0 Å². The second kappa shape index (κ2) is 4.07. The molecule has 0 aliphatic carbocycles. The van der Waals surface area contributed by atoms with Gasteiger partial charge in [-0.2, -0.15) is 0 Å². The molecule has 3 heteroatoms. The molecule has 1 heterocycles. The van der Waals surface area contributed by atoms with Crippen LogP contribution in [0.1, 0.15) is 0 Å².